The number of hydrogen-bond acceptors (Lipinski definition) is 4. The fourth-order valence-electron chi connectivity index (χ4n) is 4.11. The minimum atomic E-state index is -0.0484. The number of hydrogen-bond donors (Lipinski definition) is 2. The van der Waals surface area contributed by atoms with E-state index in [9.17, 15) is 9.59 Å². The average molecular weight is 388 g/mol. The molecule has 2 aliphatic rings. The number of carbonyl (C=O) groups excluding carboxylic acids is 2. The summed E-state index contributed by atoms with van der Waals surface area (Å²) in [5, 5.41) is 6.43. The minimum Gasteiger partial charge on any atom is -0.483 e. The van der Waals surface area contributed by atoms with Crippen LogP contribution < -0.4 is 15.4 Å². The van der Waals surface area contributed by atoms with Gasteiger partial charge < -0.3 is 20.3 Å². The number of ether oxygens (including phenoxy) is 1. The molecule has 28 heavy (non-hydrogen) atoms. The molecule has 1 unspecified atom stereocenters. The van der Waals surface area contributed by atoms with Gasteiger partial charge in [-0.2, -0.15) is 0 Å². The number of likely N-dealkylation sites (tertiary alicyclic amines) is 1. The Bertz CT molecular complexity index is 669. The second kappa shape index (κ2) is 9.92. The van der Waals surface area contributed by atoms with Crippen molar-refractivity contribution in [2.24, 2.45) is 5.92 Å². The Morgan fingerprint density at radius 3 is 2.50 bits per heavy atom. The Kier molecular flexibility index (Phi) is 7.31. The van der Waals surface area contributed by atoms with Crippen molar-refractivity contribution < 1.29 is 14.3 Å². The first-order chi connectivity index (χ1) is 13.5. The van der Waals surface area contributed by atoms with E-state index in [1.165, 1.54) is 12.8 Å². The van der Waals surface area contributed by atoms with Crippen molar-refractivity contribution >= 4 is 11.8 Å². The van der Waals surface area contributed by atoms with Gasteiger partial charge in [0.2, 0.25) is 0 Å². The molecule has 6 nitrogen and oxygen atoms in total. The first-order valence-corrected chi connectivity index (χ1v) is 10.6. The summed E-state index contributed by atoms with van der Waals surface area (Å²) in [6, 6.07) is 3.70. The van der Waals surface area contributed by atoms with Crippen LogP contribution in [0.25, 0.3) is 0 Å². The zero-order valence-corrected chi connectivity index (χ0v) is 17.2. The predicted octanol–water partition coefficient (Wildman–Crippen LogP) is 2.42. The second-order valence-corrected chi connectivity index (χ2v) is 8.09. The highest BCUT2D eigenvalue weighted by molar-refractivity contribution is 5.95. The van der Waals surface area contributed by atoms with Crippen LogP contribution in [0.15, 0.2) is 12.1 Å². The molecule has 0 radical (unpaired) electrons. The lowest BCUT2D eigenvalue weighted by molar-refractivity contribution is -0.134. The Hall–Kier alpha value is -2.08. The molecule has 2 fully saturated rings. The van der Waals surface area contributed by atoms with Crippen LogP contribution in [0.2, 0.25) is 0 Å². The molecular weight excluding hydrogens is 354 g/mol. The van der Waals surface area contributed by atoms with Crippen LogP contribution in [-0.4, -0.2) is 56.0 Å². The van der Waals surface area contributed by atoms with Crippen molar-refractivity contribution in [3.63, 3.8) is 0 Å². The molecule has 2 saturated heterocycles. The number of benzene rings is 1. The molecule has 0 spiro atoms. The first kappa shape index (κ1) is 20.6. The molecule has 2 aliphatic heterocycles. The molecule has 2 heterocycles. The molecular formula is C22H33N3O3. The molecule has 154 valence electrons. The number of amides is 2. The van der Waals surface area contributed by atoms with E-state index in [4.69, 9.17) is 4.74 Å². The molecule has 0 saturated carbocycles. The van der Waals surface area contributed by atoms with Crippen LogP contribution in [0.3, 0.4) is 0 Å². The van der Waals surface area contributed by atoms with Crippen LogP contribution >= 0.6 is 0 Å². The van der Waals surface area contributed by atoms with Gasteiger partial charge in [0.1, 0.15) is 5.75 Å². The summed E-state index contributed by atoms with van der Waals surface area (Å²) in [5.74, 6) is 1.20. The van der Waals surface area contributed by atoms with Crippen molar-refractivity contribution in [1.29, 1.82) is 0 Å². The normalized spacial score (nSPS) is 19.9. The fraction of sp³-hybridized carbons (Fsp3) is 0.636. The van der Waals surface area contributed by atoms with Crippen LogP contribution in [0, 0.1) is 19.8 Å². The smallest absolute Gasteiger partial charge is 0.260 e. The number of nitrogens with one attached hydrogen (secondary N) is 2. The zero-order chi connectivity index (χ0) is 19.9. The maximum Gasteiger partial charge on any atom is 0.260 e. The van der Waals surface area contributed by atoms with Gasteiger partial charge in [0.05, 0.1) is 0 Å². The predicted molar refractivity (Wildman–Crippen MR) is 110 cm³/mol. The van der Waals surface area contributed by atoms with Crippen molar-refractivity contribution in [2.75, 3.05) is 39.3 Å². The summed E-state index contributed by atoms with van der Waals surface area (Å²) >= 11 is 0. The van der Waals surface area contributed by atoms with Crippen molar-refractivity contribution in [3.05, 3.63) is 28.8 Å². The number of piperidine rings is 2. The SMILES string of the molecule is Cc1cc(C(=O)NCC2CCCNC2)cc(C)c1OCC(=O)N1CCCCC1. The van der Waals surface area contributed by atoms with Gasteiger partial charge in [0.15, 0.2) is 6.61 Å². The van der Waals surface area contributed by atoms with Crippen LogP contribution in [0.4, 0.5) is 0 Å². The van der Waals surface area contributed by atoms with E-state index in [1.807, 2.05) is 30.9 Å². The summed E-state index contributed by atoms with van der Waals surface area (Å²) in [4.78, 5) is 26.8. The monoisotopic (exact) mass is 387 g/mol. The van der Waals surface area contributed by atoms with Crippen molar-refractivity contribution in [1.82, 2.24) is 15.5 Å². The third kappa shape index (κ3) is 5.47. The first-order valence-electron chi connectivity index (χ1n) is 10.6. The van der Waals surface area contributed by atoms with Crippen LogP contribution in [-0.2, 0) is 4.79 Å². The van der Waals surface area contributed by atoms with Gasteiger partial charge in [-0.15, -0.1) is 0 Å². The molecule has 3 rings (SSSR count). The van der Waals surface area contributed by atoms with Gasteiger partial charge in [0, 0.05) is 25.2 Å². The summed E-state index contributed by atoms with van der Waals surface area (Å²) in [5.41, 5.74) is 2.42. The minimum absolute atomic E-state index is 0.0430. The maximum atomic E-state index is 12.5. The molecule has 0 aromatic heterocycles. The Labute approximate surface area is 168 Å². The summed E-state index contributed by atoms with van der Waals surface area (Å²) in [6.07, 6.45) is 5.67. The zero-order valence-electron chi connectivity index (χ0n) is 17.2. The fourth-order valence-corrected chi connectivity index (χ4v) is 4.11. The maximum absolute atomic E-state index is 12.5. The topological polar surface area (TPSA) is 70.7 Å². The molecule has 1 atom stereocenters. The van der Waals surface area contributed by atoms with E-state index >= 15 is 0 Å². The lowest BCUT2D eigenvalue weighted by Crippen LogP contribution is -2.38. The molecule has 0 bridgehead atoms. The Balaban J connectivity index is 1.55. The third-order valence-electron chi connectivity index (χ3n) is 5.72. The number of aryl methyl sites for hydroxylation is 2. The molecule has 0 aliphatic carbocycles. The van der Waals surface area contributed by atoms with Crippen molar-refractivity contribution in [3.8, 4) is 5.75 Å². The average Bonchev–Trinajstić information content (AvgIpc) is 2.72. The van der Waals surface area contributed by atoms with Gasteiger partial charge in [-0.05, 0) is 88.2 Å². The quantitative estimate of drug-likeness (QED) is 0.786. The van der Waals surface area contributed by atoms with E-state index in [-0.39, 0.29) is 18.4 Å². The molecule has 1 aromatic carbocycles. The number of carbonyl (C=O) groups is 2. The van der Waals surface area contributed by atoms with E-state index < -0.39 is 0 Å². The van der Waals surface area contributed by atoms with Gasteiger partial charge in [-0.3, -0.25) is 9.59 Å². The molecule has 2 N–H and O–H groups in total. The van der Waals surface area contributed by atoms with E-state index in [2.05, 4.69) is 10.6 Å². The van der Waals surface area contributed by atoms with Crippen LogP contribution in [0.1, 0.15) is 53.6 Å². The van der Waals surface area contributed by atoms with E-state index in [0.29, 0.717) is 23.8 Å². The molecule has 1 aromatic rings. The lowest BCUT2D eigenvalue weighted by atomic mass is 9.99. The highest BCUT2D eigenvalue weighted by Crippen LogP contribution is 2.25. The van der Waals surface area contributed by atoms with Gasteiger partial charge in [0.25, 0.3) is 11.8 Å². The second-order valence-electron chi connectivity index (χ2n) is 8.09. The van der Waals surface area contributed by atoms with E-state index in [1.54, 1.807) is 0 Å². The van der Waals surface area contributed by atoms with Crippen LogP contribution in [0.5, 0.6) is 5.75 Å². The highest BCUT2D eigenvalue weighted by atomic mass is 16.5. The summed E-state index contributed by atoms with van der Waals surface area (Å²) in [7, 11) is 0. The molecule has 2 amide bonds. The Morgan fingerprint density at radius 1 is 1.14 bits per heavy atom. The summed E-state index contributed by atoms with van der Waals surface area (Å²) < 4.78 is 5.84. The van der Waals surface area contributed by atoms with Gasteiger partial charge in [-0.25, -0.2) is 0 Å². The molecule has 6 heteroatoms. The van der Waals surface area contributed by atoms with Gasteiger partial charge >= 0.3 is 0 Å². The number of nitrogens with zero attached hydrogens (tertiary/aromatic N) is 1. The largest absolute Gasteiger partial charge is 0.483 e. The lowest BCUT2D eigenvalue weighted by Gasteiger charge is -2.27. The van der Waals surface area contributed by atoms with E-state index in [0.717, 1.165) is 56.6 Å². The standard InChI is InChI=1S/C22H33N3O3/c1-16-11-19(22(27)24-14-18-7-6-8-23-13-18)12-17(2)21(16)28-15-20(26)25-9-4-3-5-10-25/h11-12,18,23H,3-10,13-15H2,1-2H3,(H,24,27). The Morgan fingerprint density at radius 2 is 1.86 bits per heavy atom. The summed E-state index contributed by atoms with van der Waals surface area (Å²) in [6.45, 7) is 8.31. The van der Waals surface area contributed by atoms with Gasteiger partial charge in [-0.1, -0.05) is 0 Å². The number of rotatable bonds is 6. The highest BCUT2D eigenvalue weighted by Gasteiger charge is 2.19. The third-order valence-corrected chi connectivity index (χ3v) is 5.72. The van der Waals surface area contributed by atoms with Crippen molar-refractivity contribution in [2.45, 2.75) is 46.0 Å².